The van der Waals surface area contributed by atoms with Crippen LogP contribution >= 0.6 is 0 Å². The second-order valence-corrected chi connectivity index (χ2v) is 6.56. The Balaban J connectivity index is 2.17. The van der Waals surface area contributed by atoms with Crippen molar-refractivity contribution in [2.75, 3.05) is 14.1 Å². The first kappa shape index (κ1) is 14.9. The number of carbonyl (C=O) groups excluding carboxylic acids is 1. The molecule has 0 saturated carbocycles. The third-order valence-electron chi connectivity index (χ3n) is 3.54. The monoisotopic (exact) mass is 276 g/mol. The molecule has 20 heavy (non-hydrogen) atoms. The van der Waals surface area contributed by atoms with Crippen molar-refractivity contribution in [1.82, 2.24) is 10.2 Å². The van der Waals surface area contributed by atoms with Crippen LogP contribution in [0.4, 0.5) is 4.79 Å². The third kappa shape index (κ3) is 3.31. The molecule has 0 fully saturated rings. The SMILES string of the molecule is CN(C)[C@@H]1Cc2ccccc2[C@H]1NC(=O)OC(C)(C)C. The molecule has 1 aliphatic carbocycles. The van der Waals surface area contributed by atoms with Gasteiger partial charge in [-0.05, 0) is 52.4 Å². The van der Waals surface area contributed by atoms with E-state index in [1.165, 1.54) is 11.1 Å². The minimum atomic E-state index is -0.476. The number of hydrogen-bond acceptors (Lipinski definition) is 3. The van der Waals surface area contributed by atoms with E-state index in [2.05, 4.69) is 22.3 Å². The molecule has 1 aromatic carbocycles. The van der Waals surface area contributed by atoms with Crippen LogP contribution in [0.2, 0.25) is 0 Å². The Labute approximate surface area is 121 Å². The molecule has 0 spiro atoms. The van der Waals surface area contributed by atoms with Crippen LogP contribution in [-0.2, 0) is 11.2 Å². The number of fused-ring (bicyclic) bond motifs is 1. The predicted molar refractivity (Wildman–Crippen MR) is 79.7 cm³/mol. The van der Waals surface area contributed by atoms with E-state index in [0.717, 1.165) is 6.42 Å². The zero-order valence-corrected chi connectivity index (χ0v) is 12.9. The lowest BCUT2D eigenvalue weighted by molar-refractivity contribution is 0.0480. The van der Waals surface area contributed by atoms with Gasteiger partial charge in [0.2, 0.25) is 0 Å². The van der Waals surface area contributed by atoms with Crippen LogP contribution in [0.1, 0.15) is 37.9 Å². The summed E-state index contributed by atoms with van der Waals surface area (Å²) in [6.45, 7) is 5.62. The Bertz CT molecular complexity index is 491. The highest BCUT2D eigenvalue weighted by atomic mass is 16.6. The second kappa shape index (κ2) is 5.44. The van der Waals surface area contributed by atoms with Gasteiger partial charge in [0.05, 0.1) is 6.04 Å². The Morgan fingerprint density at radius 1 is 1.30 bits per heavy atom. The van der Waals surface area contributed by atoms with Gasteiger partial charge in [0.1, 0.15) is 5.60 Å². The molecule has 1 amide bonds. The third-order valence-corrected chi connectivity index (χ3v) is 3.54. The number of hydrogen-bond donors (Lipinski definition) is 1. The Hall–Kier alpha value is -1.55. The highest BCUT2D eigenvalue weighted by Crippen LogP contribution is 2.33. The van der Waals surface area contributed by atoms with Crippen LogP contribution in [0, 0.1) is 0 Å². The molecule has 1 N–H and O–H groups in total. The van der Waals surface area contributed by atoms with Gasteiger partial charge >= 0.3 is 6.09 Å². The maximum absolute atomic E-state index is 12.0. The quantitative estimate of drug-likeness (QED) is 0.903. The van der Waals surface area contributed by atoms with E-state index < -0.39 is 5.60 Å². The summed E-state index contributed by atoms with van der Waals surface area (Å²) < 4.78 is 5.37. The number of nitrogens with zero attached hydrogens (tertiary/aromatic N) is 1. The van der Waals surface area contributed by atoms with E-state index in [4.69, 9.17) is 4.74 Å². The van der Waals surface area contributed by atoms with Gasteiger partial charge in [-0.2, -0.15) is 0 Å². The molecule has 2 rings (SSSR count). The maximum Gasteiger partial charge on any atom is 0.408 e. The number of likely N-dealkylation sites (N-methyl/N-ethyl adjacent to an activating group) is 1. The molecule has 0 bridgehead atoms. The number of rotatable bonds is 2. The standard InChI is InChI=1S/C16H24N2O2/c1-16(2,3)20-15(19)17-14-12-9-7-6-8-11(12)10-13(14)18(4)5/h6-9,13-14H,10H2,1-5H3,(H,17,19)/t13-,14-/m1/s1. The fourth-order valence-electron chi connectivity index (χ4n) is 2.66. The van der Waals surface area contributed by atoms with Gasteiger partial charge in [0, 0.05) is 6.04 Å². The summed E-state index contributed by atoms with van der Waals surface area (Å²) in [6.07, 6.45) is 0.593. The van der Waals surface area contributed by atoms with Crippen molar-refractivity contribution in [3.05, 3.63) is 35.4 Å². The fraction of sp³-hybridized carbons (Fsp3) is 0.562. The minimum absolute atomic E-state index is 0.0175. The molecule has 1 aliphatic rings. The summed E-state index contributed by atoms with van der Waals surface area (Å²) >= 11 is 0. The summed E-state index contributed by atoms with van der Waals surface area (Å²) in [5, 5.41) is 3.02. The van der Waals surface area contributed by atoms with Crippen molar-refractivity contribution < 1.29 is 9.53 Å². The number of benzene rings is 1. The van der Waals surface area contributed by atoms with Gasteiger partial charge in [0.25, 0.3) is 0 Å². The van der Waals surface area contributed by atoms with E-state index >= 15 is 0 Å². The summed E-state index contributed by atoms with van der Waals surface area (Å²) in [5.41, 5.74) is 2.01. The smallest absolute Gasteiger partial charge is 0.408 e. The number of nitrogens with one attached hydrogen (secondary N) is 1. The average molecular weight is 276 g/mol. The molecule has 0 aliphatic heterocycles. The van der Waals surface area contributed by atoms with E-state index in [0.29, 0.717) is 0 Å². The first-order valence-corrected chi connectivity index (χ1v) is 7.01. The zero-order chi connectivity index (χ0) is 14.9. The lowest BCUT2D eigenvalue weighted by Gasteiger charge is -2.28. The van der Waals surface area contributed by atoms with E-state index in [1.807, 2.05) is 47.0 Å². The molecule has 110 valence electrons. The number of carbonyl (C=O) groups is 1. The average Bonchev–Trinajstić information content (AvgIpc) is 2.66. The number of alkyl carbamates (subject to hydrolysis) is 1. The van der Waals surface area contributed by atoms with Crippen LogP contribution in [0.15, 0.2) is 24.3 Å². The maximum atomic E-state index is 12.0. The Morgan fingerprint density at radius 3 is 2.55 bits per heavy atom. The first-order valence-electron chi connectivity index (χ1n) is 7.01. The number of amides is 1. The number of ether oxygens (including phenoxy) is 1. The van der Waals surface area contributed by atoms with Crippen molar-refractivity contribution in [3.8, 4) is 0 Å². The van der Waals surface area contributed by atoms with Crippen molar-refractivity contribution in [3.63, 3.8) is 0 Å². The van der Waals surface area contributed by atoms with Gasteiger partial charge in [-0.1, -0.05) is 24.3 Å². The van der Waals surface area contributed by atoms with Crippen LogP contribution in [0.25, 0.3) is 0 Å². The highest BCUT2D eigenvalue weighted by Gasteiger charge is 2.35. The molecule has 0 radical (unpaired) electrons. The summed E-state index contributed by atoms with van der Waals surface area (Å²) in [4.78, 5) is 14.2. The molecule has 0 unspecified atom stereocenters. The second-order valence-electron chi connectivity index (χ2n) is 6.56. The largest absolute Gasteiger partial charge is 0.444 e. The van der Waals surface area contributed by atoms with Gasteiger partial charge in [-0.3, -0.25) is 0 Å². The lowest BCUT2D eigenvalue weighted by Crippen LogP contribution is -2.43. The van der Waals surface area contributed by atoms with Crippen molar-refractivity contribution in [2.45, 2.75) is 44.9 Å². The molecule has 2 atom stereocenters. The van der Waals surface area contributed by atoms with Gasteiger partial charge in [0.15, 0.2) is 0 Å². The van der Waals surface area contributed by atoms with Crippen molar-refractivity contribution in [2.24, 2.45) is 0 Å². The highest BCUT2D eigenvalue weighted by molar-refractivity contribution is 5.69. The van der Waals surface area contributed by atoms with E-state index in [1.54, 1.807) is 0 Å². The topological polar surface area (TPSA) is 41.6 Å². The van der Waals surface area contributed by atoms with Gasteiger partial charge < -0.3 is 15.0 Å². The minimum Gasteiger partial charge on any atom is -0.444 e. The molecule has 1 aromatic rings. The molecular formula is C16H24N2O2. The summed E-state index contributed by atoms with van der Waals surface area (Å²) in [6, 6.07) is 8.52. The van der Waals surface area contributed by atoms with Crippen molar-refractivity contribution >= 4 is 6.09 Å². The Kier molecular flexibility index (Phi) is 4.04. The molecule has 0 saturated heterocycles. The Morgan fingerprint density at radius 2 is 1.95 bits per heavy atom. The molecule has 0 aromatic heterocycles. The van der Waals surface area contributed by atoms with Gasteiger partial charge in [-0.25, -0.2) is 4.79 Å². The van der Waals surface area contributed by atoms with E-state index in [9.17, 15) is 4.79 Å². The predicted octanol–water partition coefficient (Wildman–Crippen LogP) is 2.74. The van der Waals surface area contributed by atoms with E-state index in [-0.39, 0.29) is 18.2 Å². The van der Waals surface area contributed by atoms with Gasteiger partial charge in [-0.15, -0.1) is 0 Å². The van der Waals surface area contributed by atoms with Crippen molar-refractivity contribution in [1.29, 1.82) is 0 Å². The summed E-state index contributed by atoms with van der Waals surface area (Å²) in [7, 11) is 4.08. The van der Waals surface area contributed by atoms with Crippen LogP contribution in [0.3, 0.4) is 0 Å². The molecule has 0 heterocycles. The van der Waals surface area contributed by atoms with Crippen LogP contribution < -0.4 is 5.32 Å². The molecule has 4 heteroatoms. The van der Waals surface area contributed by atoms with Crippen LogP contribution in [0.5, 0.6) is 0 Å². The normalized spacial score (nSPS) is 21.7. The molecule has 4 nitrogen and oxygen atoms in total. The fourth-order valence-corrected chi connectivity index (χ4v) is 2.66. The zero-order valence-electron chi connectivity index (χ0n) is 12.9. The summed E-state index contributed by atoms with van der Waals surface area (Å²) in [5.74, 6) is 0. The lowest BCUT2D eigenvalue weighted by atomic mass is 10.1. The molecular weight excluding hydrogens is 252 g/mol. The first-order chi connectivity index (χ1) is 9.28. The van der Waals surface area contributed by atoms with Crippen LogP contribution in [-0.4, -0.2) is 36.7 Å².